The summed E-state index contributed by atoms with van der Waals surface area (Å²) in [5.74, 6) is 1.26. The summed E-state index contributed by atoms with van der Waals surface area (Å²) in [4.78, 5) is 14.6. The third-order valence-electron chi connectivity index (χ3n) is 5.09. The first-order chi connectivity index (χ1) is 13.0. The van der Waals surface area contributed by atoms with E-state index in [1.165, 1.54) is 18.5 Å². The fourth-order valence-corrected chi connectivity index (χ4v) is 3.49. The van der Waals surface area contributed by atoms with E-state index in [0.29, 0.717) is 10.8 Å². The normalized spacial score (nSPS) is 16.0. The highest BCUT2D eigenvalue weighted by molar-refractivity contribution is 6.30. The van der Waals surface area contributed by atoms with Crippen LogP contribution in [0, 0.1) is 5.92 Å². The fourth-order valence-electron chi connectivity index (χ4n) is 3.31. The lowest BCUT2D eigenvalue weighted by Crippen LogP contribution is -2.33. The number of carbonyl (C=O) groups excluding carboxylic acids is 1. The monoisotopic (exact) mass is 386 g/mol. The molecule has 0 spiro atoms. The summed E-state index contributed by atoms with van der Waals surface area (Å²) in [6.07, 6.45) is 2.50. The molecule has 0 aromatic heterocycles. The molecule has 1 aliphatic rings. The number of nitrogens with one attached hydrogen (secondary N) is 1. The van der Waals surface area contributed by atoms with Crippen molar-refractivity contribution in [2.24, 2.45) is 5.92 Å². The van der Waals surface area contributed by atoms with Gasteiger partial charge in [0.05, 0.1) is 6.04 Å². The quantitative estimate of drug-likeness (QED) is 0.772. The first-order valence-corrected chi connectivity index (χ1v) is 9.91. The number of halogens is 1. The molecule has 1 fully saturated rings. The van der Waals surface area contributed by atoms with Crippen molar-refractivity contribution < 1.29 is 9.53 Å². The average Bonchev–Trinajstić information content (AvgIpc) is 2.67. The van der Waals surface area contributed by atoms with Crippen molar-refractivity contribution in [3.05, 3.63) is 59.1 Å². The molecular weight excluding hydrogens is 360 g/mol. The van der Waals surface area contributed by atoms with Gasteiger partial charge in [0.2, 0.25) is 0 Å². The van der Waals surface area contributed by atoms with Gasteiger partial charge in [-0.1, -0.05) is 36.7 Å². The molecule has 0 aliphatic carbocycles. The molecule has 2 aromatic carbocycles. The van der Waals surface area contributed by atoms with E-state index in [9.17, 15) is 4.79 Å². The van der Waals surface area contributed by atoms with Gasteiger partial charge in [-0.25, -0.2) is 0 Å². The highest BCUT2D eigenvalue weighted by Crippen LogP contribution is 2.24. The van der Waals surface area contributed by atoms with Crippen LogP contribution in [0.5, 0.6) is 5.75 Å². The molecule has 0 saturated carbocycles. The highest BCUT2D eigenvalue weighted by atomic mass is 35.5. The SMILES string of the molecule is CC1CCN(c2ccc([C@H](C)NC(=O)COc3cccc(Cl)c3)cc2)CC1. The topological polar surface area (TPSA) is 41.6 Å². The van der Waals surface area contributed by atoms with Crippen LogP contribution in [-0.4, -0.2) is 25.6 Å². The van der Waals surface area contributed by atoms with Gasteiger partial charge in [0.1, 0.15) is 5.75 Å². The van der Waals surface area contributed by atoms with Gasteiger partial charge in [0.15, 0.2) is 6.61 Å². The van der Waals surface area contributed by atoms with Crippen molar-refractivity contribution in [2.75, 3.05) is 24.6 Å². The molecule has 27 heavy (non-hydrogen) atoms. The van der Waals surface area contributed by atoms with Crippen LogP contribution < -0.4 is 15.0 Å². The maximum Gasteiger partial charge on any atom is 0.258 e. The van der Waals surface area contributed by atoms with E-state index in [0.717, 1.165) is 24.6 Å². The van der Waals surface area contributed by atoms with Gasteiger partial charge in [0, 0.05) is 23.8 Å². The Hall–Kier alpha value is -2.20. The number of ether oxygens (including phenoxy) is 1. The van der Waals surface area contributed by atoms with Crippen LogP contribution in [0.4, 0.5) is 5.69 Å². The second-order valence-corrected chi connectivity index (χ2v) is 7.73. The van der Waals surface area contributed by atoms with Crippen LogP contribution in [0.25, 0.3) is 0 Å². The Morgan fingerprint density at radius 3 is 2.59 bits per heavy atom. The molecule has 0 radical (unpaired) electrons. The van der Waals surface area contributed by atoms with Crippen LogP contribution in [0.3, 0.4) is 0 Å². The number of hydrogen-bond donors (Lipinski definition) is 1. The van der Waals surface area contributed by atoms with Crippen LogP contribution >= 0.6 is 11.6 Å². The van der Waals surface area contributed by atoms with E-state index in [2.05, 4.69) is 41.4 Å². The number of benzene rings is 2. The Labute approximate surface area is 166 Å². The number of carbonyl (C=O) groups is 1. The van der Waals surface area contributed by atoms with Gasteiger partial charge < -0.3 is 15.0 Å². The number of piperidine rings is 1. The smallest absolute Gasteiger partial charge is 0.258 e. The summed E-state index contributed by atoms with van der Waals surface area (Å²) in [5, 5.41) is 3.56. The van der Waals surface area contributed by atoms with Gasteiger partial charge in [0.25, 0.3) is 5.91 Å². The fraction of sp³-hybridized carbons (Fsp3) is 0.409. The number of amides is 1. The number of anilines is 1. The molecule has 5 heteroatoms. The Balaban J connectivity index is 1.50. The van der Waals surface area contributed by atoms with Crippen molar-refractivity contribution in [1.29, 1.82) is 0 Å². The molecule has 0 unspecified atom stereocenters. The average molecular weight is 387 g/mol. The van der Waals surface area contributed by atoms with E-state index in [1.54, 1.807) is 24.3 Å². The molecule has 1 amide bonds. The van der Waals surface area contributed by atoms with E-state index >= 15 is 0 Å². The van der Waals surface area contributed by atoms with Crippen molar-refractivity contribution in [3.8, 4) is 5.75 Å². The van der Waals surface area contributed by atoms with Gasteiger partial charge in [-0.05, 0) is 61.6 Å². The minimum absolute atomic E-state index is 0.0330. The molecule has 144 valence electrons. The van der Waals surface area contributed by atoms with Crippen LogP contribution in [0.15, 0.2) is 48.5 Å². The minimum atomic E-state index is -0.156. The zero-order valence-corrected chi connectivity index (χ0v) is 16.7. The van der Waals surface area contributed by atoms with E-state index < -0.39 is 0 Å². The highest BCUT2D eigenvalue weighted by Gasteiger charge is 2.16. The van der Waals surface area contributed by atoms with Crippen molar-refractivity contribution in [2.45, 2.75) is 32.7 Å². The summed E-state index contributed by atoms with van der Waals surface area (Å²) in [6.45, 7) is 6.51. The minimum Gasteiger partial charge on any atom is -0.484 e. The lowest BCUT2D eigenvalue weighted by Gasteiger charge is -2.32. The van der Waals surface area contributed by atoms with E-state index in [-0.39, 0.29) is 18.6 Å². The summed E-state index contributed by atoms with van der Waals surface area (Å²) in [5.41, 5.74) is 2.34. The second-order valence-electron chi connectivity index (χ2n) is 7.30. The first kappa shape index (κ1) is 19.6. The van der Waals surface area contributed by atoms with Gasteiger partial charge in [-0.2, -0.15) is 0 Å². The summed E-state index contributed by atoms with van der Waals surface area (Å²) >= 11 is 5.92. The van der Waals surface area contributed by atoms with E-state index in [1.807, 2.05) is 6.92 Å². The lowest BCUT2D eigenvalue weighted by molar-refractivity contribution is -0.123. The van der Waals surface area contributed by atoms with Crippen LogP contribution in [-0.2, 0) is 4.79 Å². The molecule has 1 atom stereocenters. The molecule has 0 bridgehead atoms. The summed E-state index contributed by atoms with van der Waals surface area (Å²) < 4.78 is 5.49. The van der Waals surface area contributed by atoms with Crippen LogP contribution in [0.1, 0.15) is 38.3 Å². The van der Waals surface area contributed by atoms with Gasteiger partial charge in [-0.3, -0.25) is 4.79 Å². The maximum atomic E-state index is 12.2. The zero-order chi connectivity index (χ0) is 19.2. The Morgan fingerprint density at radius 1 is 1.22 bits per heavy atom. The number of nitrogens with zero attached hydrogens (tertiary/aromatic N) is 1. The predicted molar refractivity (Wildman–Crippen MR) is 111 cm³/mol. The first-order valence-electron chi connectivity index (χ1n) is 9.54. The summed E-state index contributed by atoms with van der Waals surface area (Å²) in [6, 6.07) is 15.4. The third-order valence-corrected chi connectivity index (χ3v) is 5.32. The van der Waals surface area contributed by atoms with Crippen molar-refractivity contribution >= 4 is 23.2 Å². The van der Waals surface area contributed by atoms with E-state index in [4.69, 9.17) is 16.3 Å². The Morgan fingerprint density at radius 2 is 1.93 bits per heavy atom. The molecule has 1 saturated heterocycles. The predicted octanol–water partition coefficient (Wildman–Crippen LogP) is 4.83. The summed E-state index contributed by atoms with van der Waals surface area (Å²) in [7, 11) is 0. The molecule has 1 N–H and O–H groups in total. The molecule has 1 aliphatic heterocycles. The molecule has 3 rings (SSSR count). The van der Waals surface area contributed by atoms with Crippen molar-refractivity contribution in [1.82, 2.24) is 5.32 Å². The molecular formula is C22H27ClN2O2. The Bertz CT molecular complexity index is 755. The lowest BCUT2D eigenvalue weighted by atomic mass is 9.98. The second kappa shape index (κ2) is 9.14. The van der Waals surface area contributed by atoms with Crippen molar-refractivity contribution in [3.63, 3.8) is 0 Å². The third kappa shape index (κ3) is 5.64. The standard InChI is InChI=1S/C22H27ClN2O2/c1-16-10-12-25(13-11-16)20-8-6-18(7-9-20)17(2)24-22(26)15-27-21-5-3-4-19(23)14-21/h3-9,14,16-17H,10-13,15H2,1-2H3,(H,24,26)/t17-/m0/s1. The Kier molecular flexibility index (Phi) is 6.62. The van der Waals surface area contributed by atoms with Gasteiger partial charge >= 0.3 is 0 Å². The van der Waals surface area contributed by atoms with Crippen LogP contribution in [0.2, 0.25) is 5.02 Å². The number of rotatable bonds is 6. The molecule has 2 aromatic rings. The maximum absolute atomic E-state index is 12.2. The van der Waals surface area contributed by atoms with Gasteiger partial charge in [-0.15, -0.1) is 0 Å². The molecule has 1 heterocycles. The number of hydrogen-bond acceptors (Lipinski definition) is 3. The molecule has 4 nitrogen and oxygen atoms in total. The zero-order valence-electron chi connectivity index (χ0n) is 16.0. The largest absolute Gasteiger partial charge is 0.484 e.